The van der Waals surface area contributed by atoms with Crippen molar-refractivity contribution in [1.29, 1.82) is 0 Å². The van der Waals surface area contributed by atoms with E-state index in [1.807, 2.05) is 36.4 Å². The second-order valence-electron chi connectivity index (χ2n) is 4.03. The molecule has 0 aliphatic rings. The molecule has 0 fully saturated rings. The van der Waals surface area contributed by atoms with Gasteiger partial charge in [0.2, 0.25) is 0 Å². The first-order valence-corrected chi connectivity index (χ1v) is 5.84. The van der Waals surface area contributed by atoms with Crippen LogP contribution in [0.1, 0.15) is 18.1 Å². The predicted octanol–water partition coefficient (Wildman–Crippen LogP) is 3.41. The Bertz CT molecular complexity index is 494. The molecule has 0 amide bonds. The fraction of sp³-hybridized carbons (Fsp3) is 0.200. The van der Waals surface area contributed by atoms with E-state index in [9.17, 15) is 0 Å². The Balaban J connectivity index is 2.02. The summed E-state index contributed by atoms with van der Waals surface area (Å²) in [7, 11) is 0. The highest BCUT2D eigenvalue weighted by Crippen LogP contribution is 2.16. The van der Waals surface area contributed by atoms with E-state index in [0.717, 1.165) is 23.4 Å². The number of anilines is 1. The zero-order chi connectivity index (χ0) is 12.1. The summed E-state index contributed by atoms with van der Waals surface area (Å²) in [6.07, 6.45) is 1.02. The molecule has 0 heterocycles. The van der Waals surface area contributed by atoms with Crippen molar-refractivity contribution in [2.75, 3.05) is 5.73 Å². The molecule has 0 spiro atoms. The molecule has 2 aromatic carbocycles. The fourth-order valence-electron chi connectivity index (χ4n) is 1.70. The van der Waals surface area contributed by atoms with Crippen molar-refractivity contribution in [3.05, 3.63) is 59.7 Å². The number of ether oxygens (including phenoxy) is 1. The zero-order valence-corrected chi connectivity index (χ0v) is 10.0. The van der Waals surface area contributed by atoms with Gasteiger partial charge in [-0.05, 0) is 41.8 Å². The van der Waals surface area contributed by atoms with Crippen molar-refractivity contribution < 1.29 is 4.74 Å². The average molecular weight is 227 g/mol. The van der Waals surface area contributed by atoms with E-state index in [4.69, 9.17) is 10.5 Å². The van der Waals surface area contributed by atoms with E-state index in [2.05, 4.69) is 19.1 Å². The molecule has 0 aliphatic carbocycles. The van der Waals surface area contributed by atoms with Crippen LogP contribution < -0.4 is 10.5 Å². The highest BCUT2D eigenvalue weighted by Gasteiger charge is 1.97. The van der Waals surface area contributed by atoms with Gasteiger partial charge in [0.15, 0.2) is 0 Å². The van der Waals surface area contributed by atoms with Crippen LogP contribution in [0.5, 0.6) is 5.75 Å². The molecule has 2 rings (SSSR count). The van der Waals surface area contributed by atoms with E-state index in [0.29, 0.717) is 6.61 Å². The molecule has 0 bridgehead atoms. The fourth-order valence-corrected chi connectivity index (χ4v) is 1.70. The molecule has 17 heavy (non-hydrogen) atoms. The molecular weight excluding hydrogens is 210 g/mol. The quantitative estimate of drug-likeness (QED) is 0.812. The van der Waals surface area contributed by atoms with Gasteiger partial charge in [-0.25, -0.2) is 0 Å². The number of aryl methyl sites for hydroxylation is 1. The number of hydrogen-bond donors (Lipinski definition) is 1. The zero-order valence-electron chi connectivity index (χ0n) is 10.0. The summed E-state index contributed by atoms with van der Waals surface area (Å²) < 4.78 is 5.73. The lowest BCUT2D eigenvalue weighted by molar-refractivity contribution is 0.306. The Morgan fingerprint density at radius 3 is 2.53 bits per heavy atom. The molecule has 0 radical (unpaired) electrons. The van der Waals surface area contributed by atoms with Crippen molar-refractivity contribution in [2.24, 2.45) is 0 Å². The minimum absolute atomic E-state index is 0.554. The molecule has 0 aromatic heterocycles. The van der Waals surface area contributed by atoms with Crippen LogP contribution in [0.3, 0.4) is 0 Å². The molecule has 0 saturated carbocycles. The van der Waals surface area contributed by atoms with E-state index in [-0.39, 0.29) is 0 Å². The molecule has 2 aromatic rings. The van der Waals surface area contributed by atoms with Crippen LogP contribution in [0.2, 0.25) is 0 Å². The molecule has 0 aliphatic heterocycles. The molecule has 0 saturated heterocycles. The number of rotatable bonds is 4. The maximum absolute atomic E-state index is 5.73. The largest absolute Gasteiger partial charge is 0.489 e. The van der Waals surface area contributed by atoms with Gasteiger partial charge in [0.1, 0.15) is 12.4 Å². The number of nitrogen functional groups attached to an aromatic ring is 1. The molecular formula is C15H17NO. The lowest BCUT2D eigenvalue weighted by atomic mass is 10.1. The lowest BCUT2D eigenvalue weighted by Crippen LogP contribution is -1.97. The van der Waals surface area contributed by atoms with Crippen LogP contribution in [0.4, 0.5) is 5.69 Å². The first kappa shape index (κ1) is 11.5. The van der Waals surface area contributed by atoms with Crippen LogP contribution in [0, 0.1) is 0 Å². The van der Waals surface area contributed by atoms with E-state index in [1.54, 1.807) is 0 Å². The second-order valence-corrected chi connectivity index (χ2v) is 4.03. The van der Waals surface area contributed by atoms with Crippen molar-refractivity contribution in [1.82, 2.24) is 0 Å². The van der Waals surface area contributed by atoms with E-state index >= 15 is 0 Å². The van der Waals surface area contributed by atoms with Gasteiger partial charge < -0.3 is 10.5 Å². The first-order chi connectivity index (χ1) is 8.28. The topological polar surface area (TPSA) is 35.2 Å². The predicted molar refractivity (Wildman–Crippen MR) is 71.0 cm³/mol. The summed E-state index contributed by atoms with van der Waals surface area (Å²) in [6.45, 7) is 2.69. The molecule has 0 unspecified atom stereocenters. The maximum atomic E-state index is 5.73. The van der Waals surface area contributed by atoms with Crippen LogP contribution in [-0.4, -0.2) is 0 Å². The monoisotopic (exact) mass is 227 g/mol. The second kappa shape index (κ2) is 5.39. The van der Waals surface area contributed by atoms with Crippen LogP contribution in [0.15, 0.2) is 48.5 Å². The van der Waals surface area contributed by atoms with Gasteiger partial charge in [0.05, 0.1) is 0 Å². The van der Waals surface area contributed by atoms with Crippen LogP contribution in [0.25, 0.3) is 0 Å². The molecule has 2 N–H and O–H groups in total. The Labute approximate surface area is 102 Å². The maximum Gasteiger partial charge on any atom is 0.120 e. The minimum atomic E-state index is 0.554. The number of benzene rings is 2. The summed E-state index contributed by atoms with van der Waals surface area (Å²) in [5.41, 5.74) is 8.87. The lowest BCUT2D eigenvalue weighted by Gasteiger charge is -2.08. The normalized spacial score (nSPS) is 10.2. The standard InChI is InChI=1S/C15H17NO/c1-2-12-5-4-8-15(10-12)17-11-13-6-3-7-14(16)9-13/h3-10H,2,11,16H2,1H3. The van der Waals surface area contributed by atoms with E-state index in [1.165, 1.54) is 5.56 Å². The van der Waals surface area contributed by atoms with Crippen molar-refractivity contribution >= 4 is 5.69 Å². The highest BCUT2D eigenvalue weighted by molar-refractivity contribution is 5.40. The number of nitrogens with two attached hydrogens (primary N) is 1. The molecule has 88 valence electrons. The highest BCUT2D eigenvalue weighted by atomic mass is 16.5. The number of hydrogen-bond acceptors (Lipinski definition) is 2. The first-order valence-electron chi connectivity index (χ1n) is 5.84. The van der Waals surface area contributed by atoms with Gasteiger partial charge >= 0.3 is 0 Å². The smallest absolute Gasteiger partial charge is 0.120 e. The SMILES string of the molecule is CCc1cccc(OCc2cccc(N)c2)c1. The Hall–Kier alpha value is -1.96. The summed E-state index contributed by atoms with van der Waals surface area (Å²) >= 11 is 0. The summed E-state index contributed by atoms with van der Waals surface area (Å²) in [4.78, 5) is 0. The van der Waals surface area contributed by atoms with E-state index < -0.39 is 0 Å². The minimum Gasteiger partial charge on any atom is -0.489 e. The van der Waals surface area contributed by atoms with Gasteiger partial charge in [0, 0.05) is 5.69 Å². The Morgan fingerprint density at radius 2 is 1.76 bits per heavy atom. The third-order valence-corrected chi connectivity index (χ3v) is 2.66. The molecule has 2 heteroatoms. The summed E-state index contributed by atoms with van der Waals surface area (Å²) in [6, 6.07) is 15.9. The third kappa shape index (κ3) is 3.25. The van der Waals surface area contributed by atoms with Crippen molar-refractivity contribution in [3.8, 4) is 5.75 Å². The van der Waals surface area contributed by atoms with Gasteiger partial charge in [-0.15, -0.1) is 0 Å². The third-order valence-electron chi connectivity index (χ3n) is 2.66. The van der Waals surface area contributed by atoms with Crippen molar-refractivity contribution in [2.45, 2.75) is 20.0 Å². The van der Waals surface area contributed by atoms with Gasteiger partial charge in [0.25, 0.3) is 0 Å². The average Bonchev–Trinajstić information content (AvgIpc) is 2.37. The van der Waals surface area contributed by atoms with Gasteiger partial charge in [-0.2, -0.15) is 0 Å². The Kier molecular flexibility index (Phi) is 3.66. The van der Waals surface area contributed by atoms with Crippen LogP contribution in [-0.2, 0) is 13.0 Å². The Morgan fingerprint density at radius 1 is 1.00 bits per heavy atom. The molecule has 0 atom stereocenters. The summed E-state index contributed by atoms with van der Waals surface area (Å²) in [5, 5.41) is 0. The molecule has 2 nitrogen and oxygen atoms in total. The van der Waals surface area contributed by atoms with Crippen LogP contribution >= 0.6 is 0 Å². The van der Waals surface area contributed by atoms with Crippen molar-refractivity contribution in [3.63, 3.8) is 0 Å². The van der Waals surface area contributed by atoms with Gasteiger partial charge in [-0.3, -0.25) is 0 Å². The summed E-state index contributed by atoms with van der Waals surface area (Å²) in [5.74, 6) is 0.909. The van der Waals surface area contributed by atoms with Gasteiger partial charge in [-0.1, -0.05) is 31.2 Å².